The van der Waals surface area contributed by atoms with Gasteiger partial charge in [0, 0.05) is 0 Å². The molecule has 0 atom stereocenters. The second kappa shape index (κ2) is 4.73. The van der Waals surface area contributed by atoms with Crippen molar-refractivity contribution in [2.45, 2.75) is 0 Å². The summed E-state index contributed by atoms with van der Waals surface area (Å²) in [6.07, 6.45) is 0. The summed E-state index contributed by atoms with van der Waals surface area (Å²) in [6, 6.07) is 0. The standard InChI is InChI=1S/C3HN15O4/c19-17(20)15-2(6-10-12-15)14(1-4-8-9-5-1)3-7-11-13-16(3)18(21)22/h(H,4,5,8,9). The monoisotopic (exact) mass is 311 g/mol. The Bertz CT molecular complexity index is 761. The number of hydrogen-bond acceptors (Lipinski definition) is 14. The number of aromatic amines is 1. The first kappa shape index (κ1) is 12.8. The molecule has 0 unspecified atom stereocenters. The number of nitrogens with zero attached hydrogens (tertiary/aromatic N) is 14. The molecule has 0 bridgehead atoms. The lowest BCUT2D eigenvalue weighted by atomic mass is 10.7. The fourth-order valence-corrected chi connectivity index (χ4v) is 1.36. The van der Waals surface area contributed by atoms with Crippen LogP contribution in [0.3, 0.4) is 0 Å². The highest BCUT2D eigenvalue weighted by molar-refractivity contribution is 5.59. The van der Waals surface area contributed by atoms with Crippen LogP contribution in [0.15, 0.2) is 0 Å². The number of aromatic nitrogens is 12. The fraction of sp³-hybridized carbons (Fsp3) is 0. The van der Waals surface area contributed by atoms with Gasteiger partial charge in [-0.2, -0.15) is 10.1 Å². The Morgan fingerprint density at radius 1 is 0.955 bits per heavy atom. The predicted octanol–water partition coefficient (Wildman–Crippen LogP) is -3.28. The van der Waals surface area contributed by atoms with Gasteiger partial charge in [0.1, 0.15) is 10.4 Å². The van der Waals surface area contributed by atoms with Gasteiger partial charge in [-0.25, -0.2) is 0 Å². The van der Waals surface area contributed by atoms with Crippen molar-refractivity contribution in [3.8, 4) is 0 Å². The van der Waals surface area contributed by atoms with E-state index in [0.29, 0.717) is 4.90 Å². The van der Waals surface area contributed by atoms with E-state index in [1.165, 1.54) is 0 Å². The number of anilines is 3. The zero-order valence-corrected chi connectivity index (χ0v) is 9.89. The highest BCUT2D eigenvalue weighted by Gasteiger charge is 2.35. The van der Waals surface area contributed by atoms with Crippen LogP contribution in [0.4, 0.5) is 17.8 Å². The van der Waals surface area contributed by atoms with Crippen molar-refractivity contribution < 1.29 is 10.1 Å². The molecule has 0 aliphatic heterocycles. The molecule has 0 spiro atoms. The number of tetrazole rings is 3. The largest absolute Gasteiger partial charge is 0.339 e. The zero-order valence-electron chi connectivity index (χ0n) is 9.89. The van der Waals surface area contributed by atoms with E-state index >= 15 is 0 Å². The summed E-state index contributed by atoms with van der Waals surface area (Å²) in [6.45, 7) is 0. The van der Waals surface area contributed by atoms with Gasteiger partial charge >= 0.3 is 11.9 Å². The van der Waals surface area contributed by atoms with E-state index in [9.17, 15) is 20.2 Å². The number of nitro groups is 2. The van der Waals surface area contributed by atoms with Crippen molar-refractivity contribution in [3.05, 3.63) is 20.2 Å². The van der Waals surface area contributed by atoms with Gasteiger partial charge in [-0.05, 0) is 5.21 Å². The van der Waals surface area contributed by atoms with E-state index in [0.717, 1.165) is 0 Å². The molecule has 0 saturated heterocycles. The first-order valence-corrected chi connectivity index (χ1v) is 4.99. The van der Waals surface area contributed by atoms with Crippen molar-refractivity contribution in [2.75, 3.05) is 4.90 Å². The second-order valence-corrected chi connectivity index (χ2v) is 3.26. The molecule has 3 aromatic rings. The molecule has 22 heavy (non-hydrogen) atoms. The Morgan fingerprint density at radius 2 is 1.50 bits per heavy atom. The molecule has 0 radical (unpaired) electrons. The minimum Gasteiger partial charge on any atom is -0.339 e. The molecular formula is C3HN15O4. The van der Waals surface area contributed by atoms with Gasteiger partial charge in [0.2, 0.25) is 10.4 Å². The lowest BCUT2D eigenvalue weighted by Crippen LogP contribution is -2.26. The van der Waals surface area contributed by atoms with Crippen molar-refractivity contribution in [1.82, 2.24) is 61.3 Å². The third kappa shape index (κ3) is 1.89. The van der Waals surface area contributed by atoms with Gasteiger partial charge in [-0.15, -0.1) is 5.10 Å². The molecule has 3 rings (SSSR count). The van der Waals surface area contributed by atoms with Crippen molar-refractivity contribution >= 4 is 17.8 Å². The average molecular weight is 311 g/mol. The molecule has 1 N–H and O–H groups in total. The third-order valence-corrected chi connectivity index (χ3v) is 2.12. The maximum atomic E-state index is 10.9. The smallest absolute Gasteiger partial charge is 0.331 e. The lowest BCUT2D eigenvalue weighted by Gasteiger charge is -2.11. The van der Waals surface area contributed by atoms with Crippen LogP contribution in [0.25, 0.3) is 0 Å². The fourth-order valence-electron chi connectivity index (χ4n) is 1.36. The van der Waals surface area contributed by atoms with Crippen molar-refractivity contribution in [3.63, 3.8) is 0 Å². The molecule has 19 nitrogen and oxygen atoms in total. The molecule has 0 aliphatic carbocycles. The molecule has 0 saturated carbocycles. The van der Waals surface area contributed by atoms with Gasteiger partial charge < -0.3 is 20.2 Å². The maximum absolute atomic E-state index is 10.9. The van der Waals surface area contributed by atoms with Crippen LogP contribution in [-0.4, -0.2) is 71.3 Å². The van der Waals surface area contributed by atoms with E-state index in [-0.39, 0.29) is 15.5 Å². The summed E-state index contributed by atoms with van der Waals surface area (Å²) in [4.78, 5) is 22.7. The van der Waals surface area contributed by atoms with Gasteiger partial charge in [-0.3, -0.25) is 0 Å². The van der Waals surface area contributed by atoms with Gasteiger partial charge in [-0.1, -0.05) is 15.3 Å². The van der Waals surface area contributed by atoms with Crippen LogP contribution < -0.4 is 4.90 Å². The minimum atomic E-state index is -0.983. The summed E-state index contributed by atoms with van der Waals surface area (Å²) >= 11 is 0. The molecular weight excluding hydrogens is 310 g/mol. The van der Waals surface area contributed by atoms with Crippen LogP contribution >= 0.6 is 0 Å². The Morgan fingerprint density at radius 3 is 1.91 bits per heavy atom. The van der Waals surface area contributed by atoms with E-state index in [1.807, 2.05) is 0 Å². The molecule has 112 valence electrons. The van der Waals surface area contributed by atoms with Crippen LogP contribution in [0.2, 0.25) is 0 Å². The average Bonchev–Trinajstić information content (AvgIpc) is 3.21. The topological polar surface area (TPSA) is 231 Å². The summed E-state index contributed by atoms with van der Waals surface area (Å²) in [5.41, 5.74) is 0. The number of H-pyrrole nitrogens is 1. The molecule has 0 aliphatic rings. The van der Waals surface area contributed by atoms with Crippen molar-refractivity contribution in [1.29, 1.82) is 0 Å². The van der Waals surface area contributed by atoms with E-state index in [4.69, 9.17) is 0 Å². The maximum Gasteiger partial charge on any atom is 0.331 e. The van der Waals surface area contributed by atoms with Crippen LogP contribution in [0.5, 0.6) is 0 Å². The van der Waals surface area contributed by atoms with E-state index in [2.05, 4.69) is 51.7 Å². The SMILES string of the molecule is O=[N+]([O-])n1nnnc1N(c1nn[nH]n1)c1nnnn1[N+](=O)[O-]. The molecule has 3 aromatic heterocycles. The number of hydrogen-bond donors (Lipinski definition) is 1. The first-order chi connectivity index (χ1) is 10.6. The Kier molecular flexibility index (Phi) is 2.76. The summed E-state index contributed by atoms with van der Waals surface area (Å²) in [7, 11) is 0. The molecule has 3 heterocycles. The Balaban J connectivity index is 2.21. The minimum absolute atomic E-state index is 0.120. The summed E-state index contributed by atoms with van der Waals surface area (Å²) in [5, 5.41) is 51.4. The predicted molar refractivity (Wildman–Crippen MR) is 56.4 cm³/mol. The highest BCUT2D eigenvalue weighted by Crippen LogP contribution is 2.26. The lowest BCUT2D eigenvalue weighted by molar-refractivity contribution is -0.553. The molecule has 19 heteroatoms. The molecule has 0 amide bonds. The molecule has 0 aromatic carbocycles. The Labute approximate surface area is 115 Å². The summed E-state index contributed by atoms with van der Waals surface area (Å²) in [5.74, 6) is -1.58. The molecule has 0 fully saturated rings. The van der Waals surface area contributed by atoms with Crippen molar-refractivity contribution in [2.24, 2.45) is 0 Å². The number of rotatable bonds is 5. The van der Waals surface area contributed by atoms with Crippen LogP contribution in [0, 0.1) is 20.2 Å². The van der Waals surface area contributed by atoms with Crippen LogP contribution in [-0.2, 0) is 0 Å². The Hall–Kier alpha value is -4.19. The van der Waals surface area contributed by atoms with E-state index < -0.39 is 22.0 Å². The normalized spacial score (nSPS) is 10.5. The second-order valence-electron chi connectivity index (χ2n) is 3.26. The number of nitrogens with one attached hydrogen (secondary N) is 1. The van der Waals surface area contributed by atoms with Gasteiger partial charge in [0.05, 0.1) is 19.6 Å². The van der Waals surface area contributed by atoms with E-state index in [1.54, 1.807) is 0 Å². The third-order valence-electron chi connectivity index (χ3n) is 2.12. The zero-order chi connectivity index (χ0) is 15.7. The van der Waals surface area contributed by atoms with Crippen LogP contribution in [0.1, 0.15) is 0 Å². The quantitative estimate of drug-likeness (QED) is 0.359. The highest BCUT2D eigenvalue weighted by atomic mass is 16.7. The van der Waals surface area contributed by atoms with Gasteiger partial charge in [0.25, 0.3) is 5.95 Å². The summed E-state index contributed by atoms with van der Waals surface area (Å²) < 4.78 is 0. The first-order valence-electron chi connectivity index (χ1n) is 4.99. The van der Waals surface area contributed by atoms with Gasteiger partial charge in [0.15, 0.2) is 0 Å².